The third kappa shape index (κ3) is 3.42. The molecule has 0 radical (unpaired) electrons. The van der Waals surface area contributed by atoms with Crippen molar-refractivity contribution >= 4 is 46.2 Å². The van der Waals surface area contributed by atoms with Crippen LogP contribution in [0.2, 0.25) is 10.0 Å². The second-order valence-electron chi connectivity index (χ2n) is 4.12. The van der Waals surface area contributed by atoms with Crippen molar-refractivity contribution in [1.82, 2.24) is 0 Å². The lowest BCUT2D eigenvalue weighted by atomic mass is 10.1. The van der Waals surface area contributed by atoms with E-state index in [1.807, 2.05) is 0 Å². The van der Waals surface area contributed by atoms with E-state index in [9.17, 15) is 14.9 Å². The van der Waals surface area contributed by atoms with Gasteiger partial charge in [-0.3, -0.25) is 14.9 Å². The second-order valence-corrected chi connectivity index (χ2v) is 4.91. The minimum atomic E-state index is -0.651. The molecule has 0 bridgehead atoms. The van der Waals surface area contributed by atoms with Gasteiger partial charge in [0.15, 0.2) is 0 Å². The summed E-state index contributed by atoms with van der Waals surface area (Å²) in [6.45, 7) is 0. The van der Waals surface area contributed by atoms with Gasteiger partial charge < -0.3 is 11.1 Å². The van der Waals surface area contributed by atoms with Gasteiger partial charge in [-0.05, 0) is 24.3 Å². The summed E-state index contributed by atoms with van der Waals surface area (Å²) in [5.41, 5.74) is 6.18. The summed E-state index contributed by atoms with van der Waals surface area (Å²) in [5.74, 6) is -0.602. The molecule has 0 aliphatic heterocycles. The van der Waals surface area contributed by atoms with Gasteiger partial charge in [0.25, 0.3) is 11.6 Å². The molecule has 0 saturated carbocycles. The lowest BCUT2D eigenvalue weighted by Crippen LogP contribution is -2.13. The Morgan fingerprint density at radius 3 is 2.38 bits per heavy atom. The topological polar surface area (TPSA) is 98.3 Å². The van der Waals surface area contributed by atoms with Crippen LogP contribution >= 0.6 is 23.2 Å². The van der Waals surface area contributed by atoms with Crippen molar-refractivity contribution < 1.29 is 9.72 Å². The van der Waals surface area contributed by atoms with Crippen molar-refractivity contribution in [3.05, 3.63) is 62.1 Å². The summed E-state index contributed by atoms with van der Waals surface area (Å²) in [4.78, 5) is 22.3. The number of halogens is 2. The number of nitrogens with one attached hydrogen (secondary N) is 1. The highest BCUT2D eigenvalue weighted by Crippen LogP contribution is 2.31. The number of anilines is 2. The van der Waals surface area contributed by atoms with E-state index in [2.05, 4.69) is 5.32 Å². The first-order valence-corrected chi connectivity index (χ1v) is 6.44. The standard InChI is InChI=1S/C13H9Cl2N3O3/c14-11-6-9(18(20)21)5-10(12(11)15)13(19)17-8-3-1-7(16)2-4-8/h1-6H,16H2,(H,17,19). The zero-order valence-corrected chi connectivity index (χ0v) is 12.0. The molecule has 2 rings (SSSR count). The SMILES string of the molecule is Nc1ccc(NC(=O)c2cc([N+](=O)[O-])cc(Cl)c2Cl)cc1. The molecule has 6 nitrogen and oxygen atoms in total. The number of hydrogen-bond donors (Lipinski definition) is 2. The summed E-state index contributed by atoms with van der Waals surface area (Å²) >= 11 is 11.7. The highest BCUT2D eigenvalue weighted by atomic mass is 35.5. The van der Waals surface area contributed by atoms with Crippen LogP contribution in [0.25, 0.3) is 0 Å². The average Bonchev–Trinajstić information content (AvgIpc) is 2.43. The Kier molecular flexibility index (Phi) is 4.30. The Balaban J connectivity index is 2.34. The van der Waals surface area contributed by atoms with E-state index in [0.717, 1.165) is 12.1 Å². The quantitative estimate of drug-likeness (QED) is 0.510. The third-order valence-electron chi connectivity index (χ3n) is 2.64. The van der Waals surface area contributed by atoms with Crippen LogP contribution in [-0.2, 0) is 0 Å². The summed E-state index contributed by atoms with van der Waals surface area (Å²) in [6, 6.07) is 8.57. The smallest absolute Gasteiger partial charge is 0.271 e. The summed E-state index contributed by atoms with van der Waals surface area (Å²) in [6.07, 6.45) is 0. The number of carbonyl (C=O) groups excluding carboxylic acids is 1. The fourth-order valence-corrected chi connectivity index (χ4v) is 2.02. The molecule has 3 N–H and O–H groups in total. The number of amides is 1. The van der Waals surface area contributed by atoms with Gasteiger partial charge in [-0.15, -0.1) is 0 Å². The van der Waals surface area contributed by atoms with Crippen LogP contribution in [0.15, 0.2) is 36.4 Å². The fraction of sp³-hybridized carbons (Fsp3) is 0. The molecule has 2 aromatic carbocycles. The van der Waals surface area contributed by atoms with Crippen molar-refractivity contribution in [3.8, 4) is 0 Å². The van der Waals surface area contributed by atoms with Crippen LogP contribution in [0.1, 0.15) is 10.4 Å². The highest BCUT2D eigenvalue weighted by Gasteiger charge is 2.19. The molecule has 0 aliphatic rings. The molecule has 108 valence electrons. The molecule has 0 aromatic heterocycles. The van der Waals surface area contributed by atoms with Gasteiger partial charge in [-0.25, -0.2) is 0 Å². The Labute approximate surface area is 129 Å². The Hall–Kier alpha value is -2.31. The number of benzene rings is 2. The molecule has 0 spiro atoms. The van der Waals surface area contributed by atoms with Gasteiger partial charge in [0.1, 0.15) is 0 Å². The van der Waals surface area contributed by atoms with Gasteiger partial charge in [0.05, 0.1) is 20.5 Å². The second kappa shape index (κ2) is 5.99. The molecular formula is C13H9Cl2N3O3. The van der Waals surface area contributed by atoms with Gasteiger partial charge in [-0.2, -0.15) is 0 Å². The molecular weight excluding hydrogens is 317 g/mol. The van der Waals surface area contributed by atoms with Crippen molar-refractivity contribution in [1.29, 1.82) is 0 Å². The molecule has 0 aliphatic carbocycles. The fourth-order valence-electron chi connectivity index (χ4n) is 1.61. The molecule has 0 unspecified atom stereocenters. The van der Waals surface area contributed by atoms with E-state index < -0.39 is 10.8 Å². The minimum absolute atomic E-state index is 0.0461. The first-order chi connectivity index (χ1) is 9.88. The van der Waals surface area contributed by atoms with E-state index >= 15 is 0 Å². The van der Waals surface area contributed by atoms with Gasteiger partial charge in [-0.1, -0.05) is 23.2 Å². The Morgan fingerprint density at radius 2 is 1.81 bits per heavy atom. The van der Waals surface area contributed by atoms with Crippen LogP contribution in [0, 0.1) is 10.1 Å². The van der Waals surface area contributed by atoms with E-state index in [4.69, 9.17) is 28.9 Å². The minimum Gasteiger partial charge on any atom is -0.399 e. The average molecular weight is 326 g/mol. The maximum Gasteiger partial charge on any atom is 0.271 e. The molecule has 0 fully saturated rings. The van der Waals surface area contributed by atoms with Gasteiger partial charge >= 0.3 is 0 Å². The van der Waals surface area contributed by atoms with E-state index in [1.165, 1.54) is 0 Å². The van der Waals surface area contributed by atoms with Crippen molar-refractivity contribution in [2.45, 2.75) is 0 Å². The number of nitrogens with two attached hydrogens (primary N) is 1. The maximum atomic E-state index is 12.1. The Morgan fingerprint density at radius 1 is 1.19 bits per heavy atom. The number of nitrogen functional groups attached to an aromatic ring is 1. The van der Waals surface area contributed by atoms with Crippen molar-refractivity contribution in [3.63, 3.8) is 0 Å². The molecule has 1 amide bonds. The number of non-ortho nitro benzene ring substituents is 1. The normalized spacial score (nSPS) is 10.2. The number of nitro benzene ring substituents is 1. The van der Waals surface area contributed by atoms with Gasteiger partial charge in [0, 0.05) is 23.5 Å². The van der Waals surface area contributed by atoms with Gasteiger partial charge in [0.2, 0.25) is 0 Å². The predicted octanol–water partition coefficient (Wildman–Crippen LogP) is 3.74. The first-order valence-electron chi connectivity index (χ1n) is 5.69. The van der Waals surface area contributed by atoms with Crippen LogP contribution in [-0.4, -0.2) is 10.8 Å². The van der Waals surface area contributed by atoms with E-state index in [-0.39, 0.29) is 21.3 Å². The molecule has 0 heterocycles. The number of rotatable bonds is 3. The predicted molar refractivity (Wildman–Crippen MR) is 81.9 cm³/mol. The zero-order chi connectivity index (χ0) is 15.6. The maximum absolute atomic E-state index is 12.1. The first kappa shape index (κ1) is 15.1. The van der Waals surface area contributed by atoms with Crippen LogP contribution < -0.4 is 11.1 Å². The van der Waals surface area contributed by atoms with Crippen LogP contribution in [0.4, 0.5) is 17.1 Å². The lowest BCUT2D eigenvalue weighted by molar-refractivity contribution is -0.384. The largest absolute Gasteiger partial charge is 0.399 e. The molecule has 0 atom stereocenters. The summed E-state index contributed by atoms with van der Waals surface area (Å²) in [7, 11) is 0. The number of hydrogen-bond acceptors (Lipinski definition) is 4. The van der Waals surface area contributed by atoms with Crippen molar-refractivity contribution in [2.75, 3.05) is 11.1 Å². The molecule has 21 heavy (non-hydrogen) atoms. The monoisotopic (exact) mass is 325 g/mol. The number of nitro groups is 1. The molecule has 8 heteroatoms. The summed E-state index contributed by atoms with van der Waals surface area (Å²) in [5, 5.41) is 13.2. The van der Waals surface area contributed by atoms with Crippen LogP contribution in [0.3, 0.4) is 0 Å². The zero-order valence-electron chi connectivity index (χ0n) is 10.5. The summed E-state index contributed by atoms with van der Waals surface area (Å²) < 4.78 is 0. The highest BCUT2D eigenvalue weighted by molar-refractivity contribution is 6.44. The molecule has 2 aromatic rings. The van der Waals surface area contributed by atoms with E-state index in [1.54, 1.807) is 24.3 Å². The molecule has 0 saturated heterocycles. The lowest BCUT2D eigenvalue weighted by Gasteiger charge is -2.08. The van der Waals surface area contributed by atoms with Crippen LogP contribution in [0.5, 0.6) is 0 Å². The third-order valence-corrected chi connectivity index (χ3v) is 3.44. The number of nitrogens with zero attached hydrogens (tertiary/aromatic N) is 1. The van der Waals surface area contributed by atoms with E-state index in [0.29, 0.717) is 11.4 Å². The Bertz CT molecular complexity index is 717. The number of carbonyl (C=O) groups is 1. The van der Waals surface area contributed by atoms with Crippen molar-refractivity contribution in [2.24, 2.45) is 0 Å².